The van der Waals surface area contributed by atoms with Crippen molar-refractivity contribution >= 4 is 27.8 Å². The molecular weight excluding hydrogens is 646 g/mol. The van der Waals surface area contributed by atoms with Gasteiger partial charge in [-0.1, -0.05) is 30.3 Å². The number of aromatic nitrogens is 2. The predicted octanol–water partition coefficient (Wildman–Crippen LogP) is 4.28. The maximum atomic E-state index is 10.2. The van der Waals surface area contributed by atoms with Crippen LogP contribution in [-0.4, -0.2) is 23.2 Å². The van der Waals surface area contributed by atoms with Crippen molar-refractivity contribution in [3.05, 3.63) is 84.7 Å². The first-order chi connectivity index (χ1) is 17.5. The number of nitrogens with one attached hydrogen (secondary N) is 2. The average Bonchev–Trinajstić information content (AvgIpc) is 3.34. The molecule has 2 aromatic heterocycles. The molecule has 1 spiro atoms. The third kappa shape index (κ3) is 3.84. The summed E-state index contributed by atoms with van der Waals surface area (Å²) in [7, 11) is 0. The number of aryl methyl sites for hydroxylation is 1. The van der Waals surface area contributed by atoms with Crippen molar-refractivity contribution in [2.45, 2.75) is 61.7 Å². The van der Waals surface area contributed by atoms with Gasteiger partial charge in [-0.25, -0.2) is 0 Å². The summed E-state index contributed by atoms with van der Waals surface area (Å²) in [6.07, 6.45) is 11.8. The number of fused-ring (bicyclic) bond motifs is 3. The molecule has 2 aliphatic heterocycles. The van der Waals surface area contributed by atoms with Crippen molar-refractivity contribution in [2.75, 3.05) is 0 Å². The summed E-state index contributed by atoms with van der Waals surface area (Å²) >= 11 is -3.69. The molecule has 7 rings (SSSR count). The number of carboxylic acids is 1. The monoisotopic (exact) mass is 681 g/mol. The van der Waals surface area contributed by atoms with Gasteiger partial charge in [-0.2, -0.15) is 0 Å². The standard InChI is InChI=1S/C19H23AtN4.C10H12O2/c1-20(21-16-8-2-3-9-17(16)22-20)23-12-4-6-14-10-11-15-7-5-13-24(20)19(15)18(14)23;11-10(12)8-4-7-9-5-2-1-3-6-9/h4-7,10-13,16-17,21-22H,2-3,8-9H2,1H3;1-3,5-6H,4,7-8H2,(H,11,12)/q+2;/t16-,17?;/m0./s1. The molecule has 7 heteroatoms. The number of benzene rings is 2. The Morgan fingerprint density at radius 1 is 0.861 bits per heavy atom. The van der Waals surface area contributed by atoms with Gasteiger partial charge >= 0.3 is 150 Å². The van der Waals surface area contributed by atoms with Crippen LogP contribution in [0.1, 0.15) is 44.1 Å². The molecule has 6 nitrogen and oxygen atoms in total. The number of carbonyl (C=O) groups is 1. The maximum Gasteiger partial charge on any atom is 0.303 e. The van der Waals surface area contributed by atoms with Crippen molar-refractivity contribution in [3.63, 3.8) is 0 Å². The first-order valence-corrected chi connectivity index (χ1v) is 21.4. The molecule has 2 fully saturated rings. The number of carboxylic acid groups (broad SMARTS) is 1. The van der Waals surface area contributed by atoms with E-state index in [0.717, 1.165) is 12.8 Å². The third-order valence-electron chi connectivity index (χ3n) is 7.79. The van der Waals surface area contributed by atoms with Crippen molar-refractivity contribution in [3.8, 4) is 0 Å². The largest absolute Gasteiger partial charge is 0.481 e. The first kappa shape index (κ1) is 23.9. The Balaban J connectivity index is 0.000000171. The Bertz CT molecular complexity index is 1380. The molecule has 3 aliphatic rings. The number of aliphatic carboxylic acids is 1. The molecule has 36 heavy (non-hydrogen) atoms. The Morgan fingerprint density at radius 2 is 1.42 bits per heavy atom. The molecule has 1 unspecified atom stereocenters. The fourth-order valence-corrected chi connectivity index (χ4v) is 23.2. The maximum absolute atomic E-state index is 10.2. The quantitative estimate of drug-likeness (QED) is 0.282. The zero-order valence-corrected chi connectivity index (χ0v) is 23.7. The fourth-order valence-electron chi connectivity index (χ4n) is 6.09. The Morgan fingerprint density at radius 3 is 1.94 bits per heavy atom. The van der Waals surface area contributed by atoms with Crippen molar-refractivity contribution in [2.24, 2.45) is 0 Å². The first-order valence-electron chi connectivity index (χ1n) is 12.9. The molecule has 4 heterocycles. The van der Waals surface area contributed by atoms with E-state index in [2.05, 4.69) is 65.0 Å². The summed E-state index contributed by atoms with van der Waals surface area (Å²) in [5.74, 6) is -0.717. The van der Waals surface area contributed by atoms with Gasteiger partial charge in [0.15, 0.2) is 0 Å². The van der Waals surface area contributed by atoms with Gasteiger partial charge in [-0.15, -0.1) is 0 Å². The molecule has 4 aromatic rings. The summed E-state index contributed by atoms with van der Waals surface area (Å²) in [6.45, 7) is 0. The molecule has 1 aliphatic carbocycles. The van der Waals surface area contributed by atoms with Crippen molar-refractivity contribution < 1.29 is 34.9 Å². The van der Waals surface area contributed by atoms with E-state index in [9.17, 15) is 4.79 Å². The molecule has 2 atom stereocenters. The van der Waals surface area contributed by atoms with Crippen LogP contribution in [0.5, 0.6) is 0 Å². The zero-order valence-electron chi connectivity index (χ0n) is 20.7. The second-order valence-electron chi connectivity index (χ2n) is 10.3. The number of hydrogen-bond donors (Lipinski definition) is 3. The Hall–Kier alpha value is -2.47. The normalized spacial score (nSPS) is 23.6. The second kappa shape index (κ2) is 9.13. The van der Waals surface area contributed by atoms with Gasteiger partial charge in [0.1, 0.15) is 0 Å². The van der Waals surface area contributed by atoms with Crippen molar-refractivity contribution in [1.82, 2.24) is 6.52 Å². The van der Waals surface area contributed by atoms with E-state index >= 15 is 0 Å². The van der Waals surface area contributed by atoms with Crippen LogP contribution in [0.2, 0.25) is 4.63 Å². The summed E-state index contributed by atoms with van der Waals surface area (Å²) in [5, 5.41) is 11.1. The Kier molecular flexibility index (Phi) is 6.06. The molecule has 188 valence electrons. The fraction of sp³-hybridized carbons (Fsp3) is 0.345. The molecule has 0 amide bonds. The van der Waals surface area contributed by atoms with E-state index < -0.39 is 25.9 Å². The number of hydrogen-bond acceptors (Lipinski definition) is 3. The van der Waals surface area contributed by atoms with Crippen molar-refractivity contribution in [1.29, 1.82) is 0 Å². The molecular formula is C29H35AtN4O2+2. The van der Waals surface area contributed by atoms with Crippen LogP contribution in [-0.2, 0) is 11.2 Å². The van der Waals surface area contributed by atoms with Crippen LogP contribution in [0.25, 0.3) is 21.8 Å². The average molecular weight is 682 g/mol. The van der Waals surface area contributed by atoms with E-state index in [4.69, 9.17) is 5.11 Å². The molecule has 3 N–H and O–H groups in total. The summed E-state index contributed by atoms with van der Waals surface area (Å²) < 4.78 is 16.2. The van der Waals surface area contributed by atoms with Crippen LogP contribution in [0.15, 0.2) is 79.1 Å². The molecule has 1 saturated heterocycles. The van der Waals surface area contributed by atoms with E-state index in [1.807, 2.05) is 30.3 Å². The SMILES string of the molecule is C[At]12(NC3CCCC[C@@H]3N1)[n+]1cccc3ccc4ccc[n+]2c4c31.O=C(O)CCCc1ccccc1. The molecule has 2 aromatic carbocycles. The minimum Gasteiger partial charge on any atom is -0.481 e. The van der Waals surface area contributed by atoms with Crippen LogP contribution in [0.3, 0.4) is 0 Å². The summed E-state index contributed by atoms with van der Waals surface area (Å²) in [4.78, 5) is 10.2. The number of nitrogens with zero attached hydrogens (tertiary/aromatic N) is 2. The van der Waals surface area contributed by atoms with E-state index in [1.165, 1.54) is 53.1 Å². The van der Waals surface area contributed by atoms with Crippen LogP contribution < -0.4 is 11.5 Å². The van der Waals surface area contributed by atoms with Crippen LogP contribution in [0.4, 0.5) is 0 Å². The second-order valence-corrected chi connectivity index (χ2v) is 24.3. The topological polar surface area (TPSA) is 69.1 Å². The van der Waals surface area contributed by atoms with Gasteiger partial charge in [0.25, 0.3) is 0 Å². The number of rotatable bonds is 4. The van der Waals surface area contributed by atoms with Gasteiger partial charge in [0.05, 0.1) is 0 Å². The van der Waals surface area contributed by atoms with Gasteiger partial charge in [-0.3, -0.25) is 4.79 Å². The smallest absolute Gasteiger partial charge is 0.303 e. The molecule has 0 radical (unpaired) electrons. The van der Waals surface area contributed by atoms with Crippen LogP contribution in [0, 0.1) is 19.9 Å². The number of pyridine rings is 2. The molecule has 0 bridgehead atoms. The van der Waals surface area contributed by atoms with Gasteiger partial charge in [0, 0.05) is 6.42 Å². The minimum atomic E-state index is -3.69. The van der Waals surface area contributed by atoms with Gasteiger partial charge in [-0.05, 0) is 18.4 Å². The summed E-state index contributed by atoms with van der Waals surface area (Å²) in [5.41, 5.74) is 4.01. The van der Waals surface area contributed by atoms with Gasteiger partial charge < -0.3 is 5.11 Å². The molecule has 1 saturated carbocycles. The van der Waals surface area contributed by atoms with Gasteiger partial charge in [0.2, 0.25) is 0 Å². The Labute approximate surface area is 214 Å². The van der Waals surface area contributed by atoms with E-state index in [0.29, 0.717) is 12.1 Å². The minimum absolute atomic E-state index is 0.259. The van der Waals surface area contributed by atoms with E-state index in [-0.39, 0.29) is 6.42 Å². The summed E-state index contributed by atoms with van der Waals surface area (Å²) in [6, 6.07) is 24.6. The predicted molar refractivity (Wildman–Crippen MR) is 138 cm³/mol. The third-order valence-corrected chi connectivity index (χ3v) is 23.1. The van der Waals surface area contributed by atoms with E-state index in [1.54, 1.807) is 0 Å². The zero-order chi connectivity index (χ0) is 24.8. The van der Waals surface area contributed by atoms with Crippen LogP contribution >= 0.6 is 0 Å².